The minimum Gasteiger partial charge on any atom is -0.460 e. The van der Waals surface area contributed by atoms with Crippen LogP contribution in [0.2, 0.25) is 0 Å². The molecule has 0 aliphatic carbocycles. The lowest BCUT2D eigenvalue weighted by atomic mass is 10.1. The first kappa shape index (κ1) is 15.5. The lowest BCUT2D eigenvalue weighted by Gasteiger charge is -2.20. The molecular formula is C16H22N2O3. The Morgan fingerprint density at radius 1 is 1.38 bits per heavy atom. The Morgan fingerprint density at radius 3 is 3.05 bits per heavy atom. The van der Waals surface area contributed by atoms with Gasteiger partial charge in [-0.2, -0.15) is 0 Å². The highest BCUT2D eigenvalue weighted by Crippen LogP contribution is 2.12. The first-order valence-corrected chi connectivity index (χ1v) is 7.60. The molecule has 5 heteroatoms. The van der Waals surface area contributed by atoms with E-state index in [4.69, 9.17) is 4.74 Å². The summed E-state index contributed by atoms with van der Waals surface area (Å²) in [5.74, 6) is -0.168. The highest BCUT2D eigenvalue weighted by atomic mass is 16.5. The number of pyridine rings is 1. The van der Waals surface area contributed by atoms with Crippen molar-refractivity contribution < 1.29 is 14.3 Å². The zero-order valence-electron chi connectivity index (χ0n) is 12.5. The Labute approximate surface area is 125 Å². The summed E-state index contributed by atoms with van der Waals surface area (Å²) < 4.78 is 5.30. The average molecular weight is 290 g/mol. The van der Waals surface area contributed by atoms with E-state index in [-0.39, 0.29) is 18.5 Å². The number of esters is 1. The van der Waals surface area contributed by atoms with Crippen LogP contribution < -0.4 is 0 Å². The van der Waals surface area contributed by atoms with Crippen molar-refractivity contribution >= 4 is 11.9 Å². The van der Waals surface area contributed by atoms with Crippen LogP contribution in [-0.4, -0.2) is 41.5 Å². The fourth-order valence-corrected chi connectivity index (χ4v) is 2.51. The maximum absolute atomic E-state index is 12.1. The number of hydrogen-bond acceptors (Lipinski definition) is 4. The average Bonchev–Trinajstić information content (AvgIpc) is 2.72. The zero-order valence-corrected chi connectivity index (χ0v) is 12.5. The molecule has 0 unspecified atom stereocenters. The number of carbonyl (C=O) groups is 2. The zero-order chi connectivity index (χ0) is 15.1. The fraction of sp³-hybridized carbons (Fsp3) is 0.562. The van der Waals surface area contributed by atoms with E-state index in [0.717, 1.165) is 37.8 Å². The standard InChI is InChI=1S/C16H22N2O3/c1-2-13-12-17-8-7-14(13)16(20)21-11-10-18-9-5-3-4-6-15(18)19/h7-8,12H,2-6,9-11H2,1H3. The second-order valence-electron chi connectivity index (χ2n) is 5.21. The predicted octanol–water partition coefficient (Wildman–Crippen LogP) is 2.20. The Bertz CT molecular complexity index is 502. The summed E-state index contributed by atoms with van der Waals surface area (Å²) in [6.07, 6.45) is 7.72. The van der Waals surface area contributed by atoms with Crippen molar-refractivity contribution in [2.24, 2.45) is 0 Å². The maximum Gasteiger partial charge on any atom is 0.338 e. The monoisotopic (exact) mass is 290 g/mol. The second-order valence-corrected chi connectivity index (χ2v) is 5.21. The van der Waals surface area contributed by atoms with Crippen molar-refractivity contribution in [2.45, 2.75) is 39.0 Å². The predicted molar refractivity (Wildman–Crippen MR) is 78.9 cm³/mol. The maximum atomic E-state index is 12.1. The molecule has 1 aliphatic heterocycles. The molecule has 21 heavy (non-hydrogen) atoms. The van der Waals surface area contributed by atoms with E-state index >= 15 is 0 Å². The smallest absolute Gasteiger partial charge is 0.338 e. The number of carbonyl (C=O) groups excluding carboxylic acids is 2. The molecule has 0 aromatic carbocycles. The second kappa shape index (κ2) is 7.76. The van der Waals surface area contributed by atoms with Gasteiger partial charge in [0.15, 0.2) is 0 Å². The molecule has 2 heterocycles. The third-order valence-corrected chi connectivity index (χ3v) is 3.77. The molecule has 2 rings (SSSR count). The summed E-state index contributed by atoms with van der Waals surface area (Å²) in [5, 5.41) is 0. The van der Waals surface area contributed by atoms with Gasteiger partial charge in [-0.3, -0.25) is 9.78 Å². The molecule has 1 saturated heterocycles. The van der Waals surface area contributed by atoms with Gasteiger partial charge in [0.1, 0.15) is 6.61 Å². The first-order valence-electron chi connectivity index (χ1n) is 7.60. The summed E-state index contributed by atoms with van der Waals surface area (Å²) >= 11 is 0. The van der Waals surface area contributed by atoms with Crippen LogP contribution in [0, 0.1) is 0 Å². The summed E-state index contributed by atoms with van der Waals surface area (Å²) in [5.41, 5.74) is 1.45. The Kier molecular flexibility index (Phi) is 5.72. The van der Waals surface area contributed by atoms with Crippen molar-refractivity contribution in [2.75, 3.05) is 19.7 Å². The molecule has 1 aromatic rings. The number of ether oxygens (including phenoxy) is 1. The molecule has 0 atom stereocenters. The van der Waals surface area contributed by atoms with Crippen molar-refractivity contribution in [3.8, 4) is 0 Å². The number of aromatic nitrogens is 1. The number of likely N-dealkylation sites (tertiary alicyclic amines) is 1. The van der Waals surface area contributed by atoms with Crippen molar-refractivity contribution in [1.82, 2.24) is 9.88 Å². The van der Waals surface area contributed by atoms with Crippen LogP contribution in [0.4, 0.5) is 0 Å². The van der Waals surface area contributed by atoms with E-state index in [9.17, 15) is 9.59 Å². The van der Waals surface area contributed by atoms with Gasteiger partial charge in [-0.1, -0.05) is 13.3 Å². The van der Waals surface area contributed by atoms with E-state index in [1.165, 1.54) is 0 Å². The minimum atomic E-state index is -0.337. The number of amides is 1. The quantitative estimate of drug-likeness (QED) is 0.780. The molecule has 0 radical (unpaired) electrons. The van der Waals surface area contributed by atoms with Gasteiger partial charge in [-0.05, 0) is 30.9 Å². The summed E-state index contributed by atoms with van der Waals surface area (Å²) in [7, 11) is 0. The van der Waals surface area contributed by atoms with Crippen LogP contribution in [0.15, 0.2) is 18.5 Å². The third kappa shape index (κ3) is 4.28. The first-order chi connectivity index (χ1) is 10.2. The molecule has 5 nitrogen and oxygen atoms in total. The van der Waals surface area contributed by atoms with Crippen molar-refractivity contribution in [3.63, 3.8) is 0 Å². The highest BCUT2D eigenvalue weighted by molar-refractivity contribution is 5.90. The number of aryl methyl sites for hydroxylation is 1. The third-order valence-electron chi connectivity index (χ3n) is 3.77. The molecular weight excluding hydrogens is 268 g/mol. The van der Waals surface area contributed by atoms with Gasteiger partial charge in [0.2, 0.25) is 5.91 Å². The van der Waals surface area contributed by atoms with Gasteiger partial charge in [-0.25, -0.2) is 4.79 Å². The van der Waals surface area contributed by atoms with Gasteiger partial charge in [-0.15, -0.1) is 0 Å². The Hall–Kier alpha value is -1.91. The lowest BCUT2D eigenvalue weighted by Crippen LogP contribution is -2.33. The summed E-state index contributed by atoms with van der Waals surface area (Å²) in [6, 6.07) is 1.68. The topological polar surface area (TPSA) is 59.5 Å². The molecule has 0 bridgehead atoms. The highest BCUT2D eigenvalue weighted by Gasteiger charge is 2.17. The normalized spacial score (nSPS) is 15.7. The van der Waals surface area contributed by atoms with Crippen LogP contribution >= 0.6 is 0 Å². The SMILES string of the molecule is CCc1cnccc1C(=O)OCCN1CCCCCC1=O. The molecule has 0 saturated carbocycles. The largest absolute Gasteiger partial charge is 0.460 e. The summed E-state index contributed by atoms with van der Waals surface area (Å²) in [4.78, 5) is 29.7. The Balaban J connectivity index is 1.85. The minimum absolute atomic E-state index is 0.168. The molecule has 1 amide bonds. The van der Waals surface area contributed by atoms with Crippen LogP contribution in [-0.2, 0) is 16.0 Å². The molecule has 0 spiro atoms. The van der Waals surface area contributed by atoms with Gasteiger partial charge in [0.25, 0.3) is 0 Å². The van der Waals surface area contributed by atoms with Crippen LogP contribution in [0.1, 0.15) is 48.5 Å². The van der Waals surface area contributed by atoms with E-state index in [2.05, 4.69) is 4.98 Å². The van der Waals surface area contributed by atoms with Crippen molar-refractivity contribution in [3.05, 3.63) is 29.6 Å². The van der Waals surface area contributed by atoms with Crippen LogP contribution in [0.25, 0.3) is 0 Å². The number of hydrogen-bond donors (Lipinski definition) is 0. The van der Waals surface area contributed by atoms with Crippen molar-refractivity contribution in [1.29, 1.82) is 0 Å². The van der Waals surface area contributed by atoms with E-state index < -0.39 is 0 Å². The number of nitrogens with zero attached hydrogens (tertiary/aromatic N) is 2. The van der Waals surface area contributed by atoms with Gasteiger partial charge in [0, 0.05) is 25.4 Å². The lowest BCUT2D eigenvalue weighted by molar-refractivity contribution is -0.131. The Morgan fingerprint density at radius 2 is 2.24 bits per heavy atom. The fourth-order valence-electron chi connectivity index (χ4n) is 2.51. The number of rotatable bonds is 5. The molecule has 0 N–H and O–H groups in total. The van der Waals surface area contributed by atoms with E-state index in [1.54, 1.807) is 23.4 Å². The van der Waals surface area contributed by atoms with Gasteiger partial charge < -0.3 is 9.64 Å². The van der Waals surface area contributed by atoms with E-state index in [0.29, 0.717) is 18.5 Å². The van der Waals surface area contributed by atoms with Gasteiger partial charge in [0.05, 0.1) is 12.1 Å². The van der Waals surface area contributed by atoms with E-state index in [1.807, 2.05) is 6.92 Å². The molecule has 1 aromatic heterocycles. The molecule has 1 aliphatic rings. The summed E-state index contributed by atoms with van der Waals surface area (Å²) in [6.45, 7) is 3.47. The van der Waals surface area contributed by atoms with Gasteiger partial charge >= 0.3 is 5.97 Å². The molecule has 114 valence electrons. The van der Waals surface area contributed by atoms with Crippen LogP contribution in [0.5, 0.6) is 0 Å². The van der Waals surface area contributed by atoms with Crippen LogP contribution in [0.3, 0.4) is 0 Å². The molecule has 1 fully saturated rings.